The van der Waals surface area contributed by atoms with Crippen LogP contribution in [0.4, 0.5) is 0 Å². The summed E-state index contributed by atoms with van der Waals surface area (Å²) in [5.41, 5.74) is 1.34. The molecule has 1 aromatic carbocycles. The zero-order valence-corrected chi connectivity index (χ0v) is 12.2. The molecule has 0 amide bonds. The van der Waals surface area contributed by atoms with Crippen LogP contribution < -0.4 is 5.32 Å². The van der Waals surface area contributed by atoms with E-state index >= 15 is 0 Å². The Bertz CT molecular complexity index is 313. The van der Waals surface area contributed by atoms with Crippen LogP contribution in [0.15, 0.2) is 28.7 Å². The lowest BCUT2D eigenvalue weighted by molar-refractivity contribution is 0.159. The summed E-state index contributed by atoms with van der Waals surface area (Å²) in [5, 5.41) is 12.9. The van der Waals surface area contributed by atoms with Gasteiger partial charge in [-0.2, -0.15) is 0 Å². The maximum Gasteiger partial charge on any atom is 0.0549 e. The van der Waals surface area contributed by atoms with Crippen LogP contribution in [0.5, 0.6) is 0 Å². The Kier molecular flexibility index (Phi) is 6.78. The maximum absolute atomic E-state index is 9.45. The molecule has 3 heteroatoms. The van der Waals surface area contributed by atoms with E-state index < -0.39 is 0 Å². The smallest absolute Gasteiger partial charge is 0.0549 e. The minimum atomic E-state index is -0.164. The molecule has 0 fully saturated rings. The number of rotatable bonds is 7. The highest BCUT2D eigenvalue weighted by atomic mass is 79.9. The van der Waals surface area contributed by atoms with Crippen molar-refractivity contribution in [3.63, 3.8) is 0 Å². The van der Waals surface area contributed by atoms with Crippen molar-refractivity contribution in [3.8, 4) is 0 Å². The molecule has 0 spiro atoms. The highest BCUT2D eigenvalue weighted by molar-refractivity contribution is 9.10. The molecule has 0 aromatic heterocycles. The van der Waals surface area contributed by atoms with Gasteiger partial charge in [0, 0.05) is 10.5 Å². The van der Waals surface area contributed by atoms with E-state index in [2.05, 4.69) is 52.4 Å². The Morgan fingerprint density at radius 3 is 2.53 bits per heavy atom. The van der Waals surface area contributed by atoms with Crippen LogP contribution in [-0.4, -0.2) is 23.8 Å². The molecule has 0 radical (unpaired) electrons. The molecule has 0 aliphatic rings. The Labute approximate surface area is 113 Å². The Balaban J connectivity index is 2.25. The first-order valence-electron chi connectivity index (χ1n) is 6.27. The number of hydrogen-bond acceptors (Lipinski definition) is 2. The van der Waals surface area contributed by atoms with E-state index in [0.29, 0.717) is 6.04 Å². The molecule has 0 saturated carbocycles. The minimum absolute atomic E-state index is 0.164. The average molecular weight is 300 g/mol. The highest BCUT2D eigenvalue weighted by Gasteiger charge is 2.05. The van der Waals surface area contributed by atoms with Gasteiger partial charge >= 0.3 is 0 Å². The first kappa shape index (κ1) is 14.7. The summed E-state index contributed by atoms with van der Waals surface area (Å²) >= 11 is 3.43. The summed E-state index contributed by atoms with van der Waals surface area (Å²) in [6.07, 6.45) is 2.53. The van der Waals surface area contributed by atoms with Crippen LogP contribution in [0.2, 0.25) is 0 Å². The maximum atomic E-state index is 9.45. The third-order valence-electron chi connectivity index (χ3n) is 2.90. The van der Waals surface area contributed by atoms with E-state index in [1.807, 2.05) is 6.92 Å². The van der Waals surface area contributed by atoms with E-state index in [9.17, 15) is 5.11 Å². The Morgan fingerprint density at radius 1 is 1.29 bits per heavy atom. The normalized spacial score (nSPS) is 14.6. The first-order chi connectivity index (χ1) is 8.11. The van der Waals surface area contributed by atoms with Gasteiger partial charge < -0.3 is 10.4 Å². The van der Waals surface area contributed by atoms with Crippen molar-refractivity contribution >= 4 is 15.9 Å². The zero-order chi connectivity index (χ0) is 12.7. The second-order valence-electron chi connectivity index (χ2n) is 4.54. The van der Waals surface area contributed by atoms with Gasteiger partial charge in [-0.05, 0) is 50.4 Å². The summed E-state index contributed by atoms with van der Waals surface area (Å²) in [6.45, 7) is 5.07. The zero-order valence-electron chi connectivity index (χ0n) is 10.6. The van der Waals surface area contributed by atoms with Crippen molar-refractivity contribution in [2.24, 2.45) is 0 Å². The fourth-order valence-corrected chi connectivity index (χ4v) is 2.01. The van der Waals surface area contributed by atoms with Crippen molar-refractivity contribution in [3.05, 3.63) is 34.3 Å². The predicted molar refractivity (Wildman–Crippen MR) is 76.2 cm³/mol. The molecule has 2 N–H and O–H groups in total. The van der Waals surface area contributed by atoms with Gasteiger partial charge in [-0.15, -0.1) is 0 Å². The molecular weight excluding hydrogens is 278 g/mol. The van der Waals surface area contributed by atoms with E-state index in [-0.39, 0.29) is 6.10 Å². The third kappa shape index (κ3) is 6.20. The van der Waals surface area contributed by atoms with E-state index in [4.69, 9.17) is 0 Å². The topological polar surface area (TPSA) is 32.3 Å². The average Bonchev–Trinajstić information content (AvgIpc) is 2.32. The van der Waals surface area contributed by atoms with Gasteiger partial charge in [-0.3, -0.25) is 0 Å². The van der Waals surface area contributed by atoms with Gasteiger partial charge in [-0.1, -0.05) is 35.0 Å². The summed E-state index contributed by atoms with van der Waals surface area (Å²) < 4.78 is 1.12. The van der Waals surface area contributed by atoms with Crippen molar-refractivity contribution in [2.75, 3.05) is 6.54 Å². The highest BCUT2D eigenvalue weighted by Crippen LogP contribution is 2.11. The van der Waals surface area contributed by atoms with Gasteiger partial charge in [0.1, 0.15) is 0 Å². The lowest BCUT2D eigenvalue weighted by Crippen LogP contribution is -2.30. The van der Waals surface area contributed by atoms with Gasteiger partial charge in [0.05, 0.1) is 6.10 Å². The number of benzene rings is 1. The van der Waals surface area contributed by atoms with Gasteiger partial charge in [-0.25, -0.2) is 0 Å². The molecule has 2 unspecified atom stereocenters. The second kappa shape index (κ2) is 7.85. The standard InChI is InChI=1S/C14H22BrNO/c1-3-14(17)8-9-16-11(2)10-12-4-6-13(15)7-5-12/h4-7,11,14,16-17H,3,8-10H2,1-2H3. The summed E-state index contributed by atoms with van der Waals surface area (Å²) in [6, 6.07) is 8.87. The van der Waals surface area contributed by atoms with Crippen molar-refractivity contribution in [2.45, 2.75) is 45.3 Å². The molecule has 1 aromatic rings. The van der Waals surface area contributed by atoms with Gasteiger partial charge in [0.2, 0.25) is 0 Å². The summed E-state index contributed by atoms with van der Waals surface area (Å²) in [7, 11) is 0. The third-order valence-corrected chi connectivity index (χ3v) is 3.43. The number of aliphatic hydroxyl groups is 1. The quantitative estimate of drug-likeness (QED) is 0.811. The number of aliphatic hydroxyl groups excluding tert-OH is 1. The van der Waals surface area contributed by atoms with Crippen molar-refractivity contribution in [1.29, 1.82) is 0 Å². The summed E-state index contributed by atoms with van der Waals surface area (Å²) in [5.74, 6) is 0. The predicted octanol–water partition coefficient (Wildman–Crippen LogP) is 3.13. The van der Waals surface area contributed by atoms with Crippen molar-refractivity contribution < 1.29 is 5.11 Å². The second-order valence-corrected chi connectivity index (χ2v) is 5.45. The van der Waals surface area contributed by atoms with Crippen LogP contribution in [-0.2, 0) is 6.42 Å². The molecular formula is C14H22BrNO. The van der Waals surface area contributed by atoms with Gasteiger partial charge in [0.25, 0.3) is 0 Å². The first-order valence-corrected chi connectivity index (χ1v) is 7.07. The Morgan fingerprint density at radius 2 is 1.94 bits per heavy atom. The lowest BCUT2D eigenvalue weighted by Gasteiger charge is -2.15. The number of nitrogens with one attached hydrogen (secondary N) is 1. The van der Waals surface area contributed by atoms with E-state index in [0.717, 1.165) is 30.3 Å². The SMILES string of the molecule is CCC(O)CCNC(C)Cc1ccc(Br)cc1. The minimum Gasteiger partial charge on any atom is -0.393 e. The Hall–Kier alpha value is -0.380. The fourth-order valence-electron chi connectivity index (χ4n) is 1.75. The van der Waals surface area contributed by atoms with Crippen LogP contribution >= 0.6 is 15.9 Å². The monoisotopic (exact) mass is 299 g/mol. The molecule has 96 valence electrons. The van der Waals surface area contributed by atoms with E-state index in [1.165, 1.54) is 5.56 Å². The molecule has 0 heterocycles. The van der Waals surface area contributed by atoms with Gasteiger partial charge in [0.15, 0.2) is 0 Å². The molecule has 2 atom stereocenters. The molecule has 0 bridgehead atoms. The molecule has 0 aliphatic carbocycles. The van der Waals surface area contributed by atoms with Crippen LogP contribution in [0.1, 0.15) is 32.3 Å². The molecule has 17 heavy (non-hydrogen) atoms. The van der Waals surface area contributed by atoms with Crippen LogP contribution in [0, 0.1) is 0 Å². The molecule has 0 saturated heterocycles. The molecule has 2 nitrogen and oxygen atoms in total. The van der Waals surface area contributed by atoms with Crippen LogP contribution in [0.25, 0.3) is 0 Å². The largest absolute Gasteiger partial charge is 0.393 e. The number of hydrogen-bond donors (Lipinski definition) is 2. The fraction of sp³-hybridized carbons (Fsp3) is 0.571. The number of halogens is 1. The molecule has 1 rings (SSSR count). The van der Waals surface area contributed by atoms with Crippen molar-refractivity contribution in [1.82, 2.24) is 5.32 Å². The van der Waals surface area contributed by atoms with E-state index in [1.54, 1.807) is 0 Å². The molecule has 0 aliphatic heterocycles. The summed E-state index contributed by atoms with van der Waals surface area (Å²) in [4.78, 5) is 0. The van der Waals surface area contributed by atoms with Crippen LogP contribution in [0.3, 0.4) is 0 Å². The lowest BCUT2D eigenvalue weighted by atomic mass is 10.1.